The van der Waals surface area contributed by atoms with Gasteiger partial charge in [-0.1, -0.05) is 77.9 Å². The number of hydrogen-bond acceptors (Lipinski definition) is 0. The van der Waals surface area contributed by atoms with E-state index in [0.717, 1.165) is 5.56 Å². The maximum atomic E-state index is 3.18. The van der Waals surface area contributed by atoms with Crippen LogP contribution in [0.15, 0.2) is 114 Å². The Balaban J connectivity index is 0. The molecule has 0 spiro atoms. The molecule has 3 heteroatoms. The predicted octanol–water partition coefficient (Wildman–Crippen LogP) is 0.505. The molecule has 0 heterocycles. The van der Waals surface area contributed by atoms with E-state index in [-0.39, 0.29) is 51.0 Å². The second-order valence-electron chi connectivity index (χ2n) is 5.80. The fourth-order valence-corrected chi connectivity index (χ4v) is 2.13. The summed E-state index contributed by atoms with van der Waals surface area (Å²) in [5, 5.41) is 0. The summed E-state index contributed by atoms with van der Waals surface area (Å²) in [5.41, 5.74) is 10.8. The van der Waals surface area contributed by atoms with E-state index < -0.39 is 0 Å². The Morgan fingerprint density at radius 3 is 1.48 bits per heavy atom. The smallest absolute Gasteiger partial charge is 1.00 e. The third-order valence-electron chi connectivity index (χ3n) is 3.56. The molecular formula is C26H23BiCl2. The minimum Gasteiger partial charge on any atom is -1.00 e. The summed E-state index contributed by atoms with van der Waals surface area (Å²) in [4.78, 5) is 0. The molecule has 0 amide bonds. The fraction of sp³-hybridized carbons (Fsp3) is 0.0769. The molecule has 0 N–H and O–H groups in total. The maximum absolute atomic E-state index is 3.18. The minimum atomic E-state index is 0. The normalized spacial score (nSPS) is 12.2. The Kier molecular flexibility index (Phi) is 18.8. The Labute approximate surface area is 207 Å². The van der Waals surface area contributed by atoms with Crippen LogP contribution < -0.4 is 24.8 Å². The van der Waals surface area contributed by atoms with Crippen molar-refractivity contribution in [2.24, 2.45) is 0 Å². The quantitative estimate of drug-likeness (QED) is 0.324. The average molecular weight is 615 g/mol. The molecule has 0 atom stereocenters. The Morgan fingerprint density at radius 2 is 1.14 bits per heavy atom. The first-order valence-electron chi connectivity index (χ1n) is 8.63. The van der Waals surface area contributed by atoms with Crippen LogP contribution >= 0.6 is 0 Å². The van der Waals surface area contributed by atoms with Gasteiger partial charge in [-0.2, -0.15) is 0 Å². The molecule has 0 saturated carbocycles. The van der Waals surface area contributed by atoms with Gasteiger partial charge in [0.1, 0.15) is 0 Å². The summed E-state index contributed by atoms with van der Waals surface area (Å²) in [6.45, 7) is 4.13. The van der Waals surface area contributed by atoms with Crippen molar-refractivity contribution in [3.63, 3.8) is 0 Å². The molecule has 0 nitrogen and oxygen atoms in total. The van der Waals surface area contributed by atoms with Crippen LogP contribution in [0.3, 0.4) is 0 Å². The van der Waals surface area contributed by atoms with Crippen LogP contribution in [0.1, 0.15) is 13.8 Å². The van der Waals surface area contributed by atoms with Crippen LogP contribution in [0.25, 0.3) is 11.1 Å². The van der Waals surface area contributed by atoms with Crippen molar-refractivity contribution in [2.75, 3.05) is 0 Å². The van der Waals surface area contributed by atoms with Crippen molar-refractivity contribution in [1.29, 1.82) is 0 Å². The number of hydrogen-bond donors (Lipinski definition) is 0. The van der Waals surface area contributed by atoms with Gasteiger partial charge in [0.15, 0.2) is 0 Å². The maximum Gasteiger partial charge on any atom is 2.00 e. The summed E-state index contributed by atoms with van der Waals surface area (Å²) in [6, 6.07) is 21.5. The fourth-order valence-electron chi connectivity index (χ4n) is 2.13. The zero-order valence-electron chi connectivity index (χ0n) is 16.5. The van der Waals surface area contributed by atoms with Crippen molar-refractivity contribution in [3.8, 4) is 11.1 Å². The van der Waals surface area contributed by atoms with Crippen LogP contribution in [-0.4, -0.2) is 26.2 Å². The van der Waals surface area contributed by atoms with E-state index in [9.17, 15) is 0 Å². The summed E-state index contributed by atoms with van der Waals surface area (Å²) in [6.07, 6.45) is 15.8. The largest absolute Gasteiger partial charge is 2.00 e. The van der Waals surface area contributed by atoms with Crippen LogP contribution in [0.4, 0.5) is 0 Å². The third kappa shape index (κ3) is 13.3. The van der Waals surface area contributed by atoms with Crippen LogP contribution in [0.5, 0.6) is 0 Å². The SMILES string of the molecule is CC1=CC=C=C[CH]1.CC1=CC=C=C[CH]1.[Bi+2].[Cl-].[Cl-].[c]1ccccc1-c1ccccc1. The first-order chi connectivity index (χ1) is 12.8. The average Bonchev–Trinajstić information content (AvgIpc) is 2.72. The van der Waals surface area contributed by atoms with E-state index in [1.54, 1.807) is 0 Å². The predicted molar refractivity (Wildman–Crippen MR) is 118 cm³/mol. The second-order valence-corrected chi connectivity index (χ2v) is 5.80. The molecular weight excluding hydrogens is 592 g/mol. The van der Waals surface area contributed by atoms with E-state index in [1.165, 1.54) is 16.7 Å². The molecule has 2 aliphatic rings. The Hall–Kier alpha value is -1.58. The number of allylic oxidation sites excluding steroid dienone is 6. The second kappa shape index (κ2) is 18.5. The topological polar surface area (TPSA) is 0 Å². The monoisotopic (exact) mass is 614 g/mol. The number of rotatable bonds is 1. The van der Waals surface area contributed by atoms with E-state index in [1.807, 2.05) is 85.7 Å². The zero-order chi connectivity index (χ0) is 18.5. The molecule has 0 bridgehead atoms. The molecule has 0 aliphatic heterocycles. The molecule has 29 heavy (non-hydrogen) atoms. The molecule has 0 aromatic heterocycles. The van der Waals surface area contributed by atoms with Gasteiger partial charge in [0.2, 0.25) is 0 Å². The summed E-state index contributed by atoms with van der Waals surface area (Å²) in [5.74, 6) is 0. The number of benzene rings is 2. The molecule has 6 radical (unpaired) electrons. The molecule has 0 fully saturated rings. The van der Waals surface area contributed by atoms with E-state index in [2.05, 4.69) is 49.6 Å². The van der Waals surface area contributed by atoms with Gasteiger partial charge < -0.3 is 24.8 Å². The van der Waals surface area contributed by atoms with E-state index in [4.69, 9.17) is 0 Å². The molecule has 2 aromatic carbocycles. The molecule has 4 rings (SSSR count). The van der Waals surface area contributed by atoms with Crippen LogP contribution in [-0.2, 0) is 0 Å². The first-order valence-corrected chi connectivity index (χ1v) is 8.63. The number of halogens is 2. The zero-order valence-corrected chi connectivity index (χ0v) is 21.5. The van der Waals surface area contributed by atoms with E-state index in [0.29, 0.717) is 0 Å². The van der Waals surface area contributed by atoms with Crippen molar-refractivity contribution >= 4 is 26.2 Å². The van der Waals surface area contributed by atoms with Gasteiger partial charge in [-0.05, 0) is 55.3 Å². The van der Waals surface area contributed by atoms with Crippen molar-refractivity contribution in [1.82, 2.24) is 0 Å². The molecule has 2 aliphatic carbocycles. The third-order valence-corrected chi connectivity index (χ3v) is 3.56. The van der Waals surface area contributed by atoms with Crippen molar-refractivity contribution in [2.45, 2.75) is 13.8 Å². The Bertz CT molecular complexity index is 790. The molecule has 0 unspecified atom stereocenters. The Morgan fingerprint density at radius 1 is 0.621 bits per heavy atom. The summed E-state index contributed by atoms with van der Waals surface area (Å²) in [7, 11) is 0. The minimum absolute atomic E-state index is 0. The van der Waals surface area contributed by atoms with Crippen LogP contribution in [0.2, 0.25) is 0 Å². The van der Waals surface area contributed by atoms with Gasteiger partial charge in [0, 0.05) is 12.8 Å². The van der Waals surface area contributed by atoms with Crippen LogP contribution in [0, 0.1) is 18.9 Å². The van der Waals surface area contributed by atoms with Gasteiger partial charge in [-0.3, -0.25) is 0 Å². The summed E-state index contributed by atoms with van der Waals surface area (Å²) >= 11 is 0. The first kappa shape index (κ1) is 29.6. The van der Waals surface area contributed by atoms with Crippen molar-refractivity contribution < 1.29 is 24.8 Å². The standard InChI is InChI=1S/C12H9.2C7H7.Bi.2ClH/c1-3-7-11(8-4-1)12-9-5-2-6-10-12;2*1-7-5-3-2-4-6-7;;;/h1-9H;2*3-6H,1H3;;2*1H/q;;;+2;;/p-2. The van der Waals surface area contributed by atoms with Gasteiger partial charge >= 0.3 is 26.2 Å². The van der Waals surface area contributed by atoms with Gasteiger partial charge in [-0.15, -0.1) is 11.5 Å². The summed E-state index contributed by atoms with van der Waals surface area (Å²) < 4.78 is 0. The molecule has 146 valence electrons. The van der Waals surface area contributed by atoms with Gasteiger partial charge in [0.25, 0.3) is 0 Å². The van der Waals surface area contributed by atoms with E-state index >= 15 is 0 Å². The molecule has 2 aromatic rings. The van der Waals surface area contributed by atoms with Crippen molar-refractivity contribution in [3.05, 3.63) is 133 Å². The molecule has 0 saturated heterocycles. The van der Waals surface area contributed by atoms with Gasteiger partial charge in [0.05, 0.1) is 0 Å². The van der Waals surface area contributed by atoms with Gasteiger partial charge in [-0.25, -0.2) is 0 Å².